The molecule has 0 aliphatic rings. The summed E-state index contributed by atoms with van der Waals surface area (Å²) >= 11 is 0. The molecule has 0 fully saturated rings. The lowest BCUT2D eigenvalue weighted by atomic mass is 10.2. The number of nitrogens with one attached hydrogen (secondary N) is 2. The molecule has 2 rings (SSSR count). The minimum Gasteiger partial charge on any atom is -0.489 e. The highest BCUT2D eigenvalue weighted by molar-refractivity contribution is 5.96. The Morgan fingerprint density at radius 1 is 1.04 bits per heavy atom. The maximum absolute atomic E-state index is 11.9. The molecule has 0 aliphatic heterocycles. The predicted molar refractivity (Wildman–Crippen MR) is 89.1 cm³/mol. The van der Waals surface area contributed by atoms with Crippen LogP contribution in [-0.4, -0.2) is 17.9 Å². The lowest BCUT2D eigenvalue weighted by Crippen LogP contribution is -2.40. The first-order chi connectivity index (χ1) is 11.0. The van der Waals surface area contributed by atoms with Gasteiger partial charge in [-0.2, -0.15) is 0 Å². The highest BCUT2D eigenvalue weighted by atomic mass is 16.5. The summed E-state index contributed by atoms with van der Waals surface area (Å²) in [5.41, 5.74) is 1.74. The molecule has 0 heterocycles. The summed E-state index contributed by atoms with van der Waals surface area (Å²) in [6.07, 6.45) is 0. The monoisotopic (exact) mass is 312 g/mol. The molecule has 2 amide bonds. The van der Waals surface area contributed by atoms with Crippen molar-refractivity contribution in [1.82, 2.24) is 5.32 Å². The Bertz CT molecular complexity index is 654. The quantitative estimate of drug-likeness (QED) is 0.862. The molecule has 5 heteroatoms. The summed E-state index contributed by atoms with van der Waals surface area (Å²) < 4.78 is 5.68. The normalized spacial score (nSPS) is 11.4. The zero-order valence-corrected chi connectivity index (χ0v) is 13.2. The van der Waals surface area contributed by atoms with Crippen LogP contribution in [0.4, 0.5) is 5.69 Å². The van der Waals surface area contributed by atoms with Crippen molar-refractivity contribution in [2.45, 2.75) is 26.5 Å². The molecule has 0 bridgehead atoms. The van der Waals surface area contributed by atoms with Gasteiger partial charge >= 0.3 is 0 Å². The zero-order chi connectivity index (χ0) is 16.7. The summed E-state index contributed by atoms with van der Waals surface area (Å²) in [5.74, 6) is 0.220. The molecule has 1 atom stereocenters. The van der Waals surface area contributed by atoms with Crippen LogP contribution in [-0.2, 0) is 16.2 Å². The smallest absolute Gasteiger partial charge is 0.246 e. The number of hydrogen-bond acceptors (Lipinski definition) is 3. The highest BCUT2D eigenvalue weighted by Gasteiger charge is 2.13. The van der Waals surface area contributed by atoms with Gasteiger partial charge in [-0.3, -0.25) is 9.59 Å². The van der Waals surface area contributed by atoms with Gasteiger partial charge in [0.05, 0.1) is 0 Å². The van der Waals surface area contributed by atoms with Crippen molar-refractivity contribution in [3.63, 3.8) is 0 Å². The average Bonchev–Trinajstić information content (AvgIpc) is 2.54. The van der Waals surface area contributed by atoms with Gasteiger partial charge in [0.1, 0.15) is 18.4 Å². The van der Waals surface area contributed by atoms with E-state index in [2.05, 4.69) is 10.6 Å². The predicted octanol–water partition coefficient (Wildman–Crippen LogP) is 2.73. The van der Waals surface area contributed by atoms with Gasteiger partial charge in [-0.15, -0.1) is 0 Å². The molecule has 0 saturated carbocycles. The van der Waals surface area contributed by atoms with E-state index in [4.69, 9.17) is 4.74 Å². The number of rotatable bonds is 6. The number of carbonyl (C=O) groups excluding carboxylic acids is 2. The molecule has 2 aromatic rings. The van der Waals surface area contributed by atoms with E-state index in [0.29, 0.717) is 12.3 Å². The largest absolute Gasteiger partial charge is 0.489 e. The second kappa shape index (κ2) is 7.98. The topological polar surface area (TPSA) is 67.4 Å². The fourth-order valence-electron chi connectivity index (χ4n) is 2.00. The van der Waals surface area contributed by atoms with E-state index in [-0.39, 0.29) is 11.8 Å². The van der Waals surface area contributed by atoms with Crippen LogP contribution in [0, 0.1) is 0 Å². The average molecular weight is 312 g/mol. The Morgan fingerprint density at radius 2 is 1.70 bits per heavy atom. The van der Waals surface area contributed by atoms with Crippen molar-refractivity contribution in [3.05, 3.63) is 60.2 Å². The number of anilines is 1. The summed E-state index contributed by atoms with van der Waals surface area (Å²) in [6.45, 7) is 3.50. The first-order valence-corrected chi connectivity index (χ1v) is 7.39. The van der Waals surface area contributed by atoms with Crippen molar-refractivity contribution in [2.75, 3.05) is 5.32 Å². The summed E-state index contributed by atoms with van der Waals surface area (Å²) in [6, 6.07) is 16.4. The van der Waals surface area contributed by atoms with E-state index in [1.165, 1.54) is 6.92 Å². The SMILES string of the molecule is CC(=O)NC(C)C(=O)Nc1ccc(OCc2ccccc2)cc1. The second-order valence-electron chi connectivity index (χ2n) is 5.21. The second-order valence-corrected chi connectivity index (χ2v) is 5.21. The lowest BCUT2D eigenvalue weighted by molar-refractivity contribution is -0.124. The number of carbonyl (C=O) groups is 2. The van der Waals surface area contributed by atoms with E-state index in [9.17, 15) is 9.59 Å². The van der Waals surface area contributed by atoms with Gasteiger partial charge in [0.2, 0.25) is 11.8 Å². The molecule has 120 valence electrons. The van der Waals surface area contributed by atoms with Crippen LogP contribution in [0.15, 0.2) is 54.6 Å². The Hall–Kier alpha value is -2.82. The maximum Gasteiger partial charge on any atom is 0.246 e. The molecule has 1 unspecified atom stereocenters. The third-order valence-corrected chi connectivity index (χ3v) is 3.18. The zero-order valence-electron chi connectivity index (χ0n) is 13.2. The minimum atomic E-state index is -0.582. The van der Waals surface area contributed by atoms with Gasteiger partial charge in [0.25, 0.3) is 0 Å². The molecule has 0 saturated heterocycles. The van der Waals surface area contributed by atoms with Crippen LogP contribution in [0.1, 0.15) is 19.4 Å². The Labute approximate surface area is 135 Å². The van der Waals surface area contributed by atoms with Gasteiger partial charge in [0.15, 0.2) is 0 Å². The molecular weight excluding hydrogens is 292 g/mol. The Morgan fingerprint density at radius 3 is 2.30 bits per heavy atom. The van der Waals surface area contributed by atoms with Crippen molar-refractivity contribution < 1.29 is 14.3 Å². The molecule has 2 aromatic carbocycles. The molecule has 0 spiro atoms. The van der Waals surface area contributed by atoms with Gasteiger partial charge < -0.3 is 15.4 Å². The Balaban J connectivity index is 1.87. The van der Waals surface area contributed by atoms with E-state index >= 15 is 0 Å². The standard InChI is InChI=1S/C18H20N2O3/c1-13(19-14(2)21)18(22)20-16-8-10-17(11-9-16)23-12-15-6-4-3-5-7-15/h3-11,13H,12H2,1-2H3,(H,19,21)(H,20,22). The van der Waals surface area contributed by atoms with Gasteiger partial charge in [-0.05, 0) is 36.8 Å². The Kier molecular flexibility index (Phi) is 5.74. The first kappa shape index (κ1) is 16.5. The van der Waals surface area contributed by atoms with Gasteiger partial charge in [0, 0.05) is 12.6 Å². The van der Waals surface area contributed by atoms with Gasteiger partial charge in [-0.1, -0.05) is 30.3 Å². The van der Waals surface area contributed by atoms with Crippen molar-refractivity contribution in [1.29, 1.82) is 0 Å². The minimum absolute atomic E-state index is 0.239. The number of hydrogen-bond donors (Lipinski definition) is 2. The fourth-order valence-corrected chi connectivity index (χ4v) is 2.00. The maximum atomic E-state index is 11.9. The summed E-state index contributed by atoms with van der Waals surface area (Å²) in [7, 11) is 0. The van der Waals surface area contributed by atoms with Crippen LogP contribution in [0.2, 0.25) is 0 Å². The van der Waals surface area contributed by atoms with Crippen molar-refractivity contribution in [2.24, 2.45) is 0 Å². The first-order valence-electron chi connectivity index (χ1n) is 7.39. The molecule has 0 radical (unpaired) electrons. The molecule has 5 nitrogen and oxygen atoms in total. The van der Waals surface area contributed by atoms with E-state index in [1.54, 1.807) is 31.2 Å². The fraction of sp³-hybridized carbons (Fsp3) is 0.222. The van der Waals surface area contributed by atoms with E-state index in [0.717, 1.165) is 11.3 Å². The summed E-state index contributed by atoms with van der Waals surface area (Å²) in [4.78, 5) is 22.8. The van der Waals surface area contributed by atoms with Crippen molar-refractivity contribution in [3.8, 4) is 5.75 Å². The van der Waals surface area contributed by atoms with Crippen LogP contribution in [0.5, 0.6) is 5.75 Å². The molecule has 23 heavy (non-hydrogen) atoms. The van der Waals surface area contributed by atoms with Gasteiger partial charge in [-0.25, -0.2) is 0 Å². The van der Waals surface area contributed by atoms with Crippen molar-refractivity contribution >= 4 is 17.5 Å². The third kappa shape index (κ3) is 5.47. The highest BCUT2D eigenvalue weighted by Crippen LogP contribution is 2.17. The molecule has 0 aliphatic carbocycles. The number of amides is 2. The number of ether oxygens (including phenoxy) is 1. The van der Waals surface area contributed by atoms with E-state index in [1.807, 2.05) is 30.3 Å². The van der Waals surface area contributed by atoms with Crippen LogP contribution in [0.3, 0.4) is 0 Å². The summed E-state index contributed by atoms with van der Waals surface area (Å²) in [5, 5.41) is 5.28. The molecule has 2 N–H and O–H groups in total. The van der Waals surface area contributed by atoms with Crippen LogP contribution in [0.25, 0.3) is 0 Å². The third-order valence-electron chi connectivity index (χ3n) is 3.18. The van der Waals surface area contributed by atoms with E-state index < -0.39 is 6.04 Å². The molecular formula is C18H20N2O3. The van der Waals surface area contributed by atoms with Crippen LogP contribution >= 0.6 is 0 Å². The number of benzene rings is 2. The molecule has 0 aromatic heterocycles. The lowest BCUT2D eigenvalue weighted by Gasteiger charge is -2.13. The van der Waals surface area contributed by atoms with Crippen LogP contribution < -0.4 is 15.4 Å².